The fourth-order valence-corrected chi connectivity index (χ4v) is 1.29. The Morgan fingerprint density at radius 1 is 1.33 bits per heavy atom. The van der Waals surface area contributed by atoms with Gasteiger partial charge < -0.3 is 9.84 Å². The van der Waals surface area contributed by atoms with Crippen molar-refractivity contribution in [2.75, 3.05) is 5.32 Å². The van der Waals surface area contributed by atoms with E-state index >= 15 is 0 Å². The summed E-state index contributed by atoms with van der Waals surface area (Å²) in [6.45, 7) is 1.89. The minimum Gasteiger partial charge on any atom is -0.363 e. The average Bonchev–Trinajstić information content (AvgIpc) is 2.71. The molecule has 1 heterocycles. The number of rotatable bonds is 2. The monoisotopic (exact) mass is 202 g/mol. The molecule has 0 unspecified atom stereocenters. The van der Waals surface area contributed by atoms with Gasteiger partial charge in [-0.2, -0.15) is 0 Å². The van der Waals surface area contributed by atoms with Crippen molar-refractivity contribution in [2.24, 2.45) is 0 Å². The standard InChI is InChI=1S/C11H10N2O2/c1-8-4-2-3-5-9(8)11(14)12-10-6-7-15-13-10/h2-7H,1H3,(H,12,13,14). The van der Waals surface area contributed by atoms with Crippen LogP contribution in [0.4, 0.5) is 5.82 Å². The molecular formula is C11H10N2O2. The highest BCUT2D eigenvalue weighted by molar-refractivity contribution is 6.04. The molecule has 1 amide bonds. The van der Waals surface area contributed by atoms with E-state index in [0.717, 1.165) is 5.56 Å². The van der Waals surface area contributed by atoms with Gasteiger partial charge in [-0.05, 0) is 18.6 Å². The first kappa shape index (κ1) is 9.45. The third-order valence-corrected chi connectivity index (χ3v) is 2.07. The summed E-state index contributed by atoms with van der Waals surface area (Å²) in [4.78, 5) is 11.7. The van der Waals surface area contributed by atoms with Crippen molar-refractivity contribution in [3.8, 4) is 0 Å². The SMILES string of the molecule is Cc1ccccc1C(=O)Nc1ccon1. The highest BCUT2D eigenvalue weighted by atomic mass is 16.5. The largest absolute Gasteiger partial charge is 0.363 e. The summed E-state index contributed by atoms with van der Waals surface area (Å²) < 4.78 is 4.62. The lowest BCUT2D eigenvalue weighted by Crippen LogP contribution is -2.13. The maximum atomic E-state index is 11.7. The Kier molecular flexibility index (Phi) is 2.49. The summed E-state index contributed by atoms with van der Waals surface area (Å²) in [7, 11) is 0. The number of aryl methyl sites for hydroxylation is 1. The lowest BCUT2D eigenvalue weighted by Gasteiger charge is -2.03. The number of nitrogens with one attached hydrogen (secondary N) is 1. The van der Waals surface area contributed by atoms with Crippen molar-refractivity contribution < 1.29 is 9.32 Å². The van der Waals surface area contributed by atoms with Crippen LogP contribution in [0.3, 0.4) is 0 Å². The van der Waals surface area contributed by atoms with Gasteiger partial charge in [0.25, 0.3) is 5.91 Å². The number of nitrogens with zero attached hydrogens (tertiary/aromatic N) is 1. The molecule has 1 aromatic heterocycles. The molecule has 0 fully saturated rings. The van der Waals surface area contributed by atoms with E-state index in [4.69, 9.17) is 0 Å². The number of benzene rings is 1. The number of anilines is 1. The molecular weight excluding hydrogens is 192 g/mol. The van der Waals surface area contributed by atoms with Crippen molar-refractivity contribution in [1.82, 2.24) is 5.16 Å². The Bertz CT molecular complexity index is 463. The molecule has 0 aliphatic carbocycles. The molecule has 0 bridgehead atoms. The zero-order valence-electron chi connectivity index (χ0n) is 8.23. The topological polar surface area (TPSA) is 55.1 Å². The summed E-state index contributed by atoms with van der Waals surface area (Å²) >= 11 is 0. The molecule has 0 spiro atoms. The van der Waals surface area contributed by atoms with Crippen molar-refractivity contribution >= 4 is 11.7 Å². The number of hydrogen-bond donors (Lipinski definition) is 1. The summed E-state index contributed by atoms with van der Waals surface area (Å²) in [5.41, 5.74) is 1.57. The Hall–Kier alpha value is -2.10. The lowest BCUT2D eigenvalue weighted by atomic mass is 10.1. The van der Waals surface area contributed by atoms with Gasteiger partial charge >= 0.3 is 0 Å². The van der Waals surface area contributed by atoms with Gasteiger partial charge in [0.05, 0.1) is 0 Å². The third-order valence-electron chi connectivity index (χ3n) is 2.07. The van der Waals surface area contributed by atoms with E-state index in [9.17, 15) is 4.79 Å². The average molecular weight is 202 g/mol. The highest BCUT2D eigenvalue weighted by Gasteiger charge is 2.09. The number of amides is 1. The summed E-state index contributed by atoms with van der Waals surface area (Å²) in [6, 6.07) is 8.96. The lowest BCUT2D eigenvalue weighted by molar-refractivity contribution is 0.102. The van der Waals surface area contributed by atoms with Crippen LogP contribution < -0.4 is 5.32 Å². The molecule has 0 radical (unpaired) electrons. The zero-order chi connectivity index (χ0) is 10.7. The van der Waals surface area contributed by atoms with Crippen molar-refractivity contribution in [3.05, 3.63) is 47.7 Å². The van der Waals surface area contributed by atoms with E-state index in [0.29, 0.717) is 11.4 Å². The summed E-state index contributed by atoms with van der Waals surface area (Å²) in [5, 5.41) is 6.24. The van der Waals surface area contributed by atoms with Gasteiger partial charge in [-0.1, -0.05) is 23.4 Å². The van der Waals surface area contributed by atoms with E-state index in [1.54, 1.807) is 12.1 Å². The maximum Gasteiger partial charge on any atom is 0.257 e. The molecule has 0 atom stereocenters. The number of carbonyl (C=O) groups is 1. The molecule has 2 rings (SSSR count). The zero-order valence-corrected chi connectivity index (χ0v) is 8.23. The molecule has 4 heteroatoms. The Balaban J connectivity index is 2.19. The molecule has 1 N–H and O–H groups in total. The minimum absolute atomic E-state index is 0.179. The first-order valence-electron chi connectivity index (χ1n) is 4.55. The van der Waals surface area contributed by atoms with Crippen molar-refractivity contribution in [2.45, 2.75) is 6.92 Å². The molecule has 1 aromatic carbocycles. The van der Waals surface area contributed by atoms with Crippen molar-refractivity contribution in [1.29, 1.82) is 0 Å². The predicted octanol–water partition coefficient (Wildman–Crippen LogP) is 2.24. The fourth-order valence-electron chi connectivity index (χ4n) is 1.29. The van der Waals surface area contributed by atoms with Gasteiger partial charge in [0, 0.05) is 11.6 Å². The number of hydrogen-bond acceptors (Lipinski definition) is 3. The quantitative estimate of drug-likeness (QED) is 0.812. The van der Waals surface area contributed by atoms with E-state index < -0.39 is 0 Å². The second-order valence-corrected chi connectivity index (χ2v) is 3.15. The van der Waals surface area contributed by atoms with Crippen LogP contribution in [-0.2, 0) is 0 Å². The van der Waals surface area contributed by atoms with Crippen LogP contribution in [0.15, 0.2) is 41.1 Å². The Morgan fingerprint density at radius 2 is 2.13 bits per heavy atom. The van der Waals surface area contributed by atoms with Gasteiger partial charge in [0.2, 0.25) is 0 Å². The molecule has 15 heavy (non-hydrogen) atoms. The summed E-state index contributed by atoms with van der Waals surface area (Å²) in [6.07, 6.45) is 1.41. The highest BCUT2D eigenvalue weighted by Crippen LogP contribution is 2.10. The molecule has 0 aliphatic heterocycles. The van der Waals surface area contributed by atoms with Crippen LogP contribution in [0.2, 0.25) is 0 Å². The van der Waals surface area contributed by atoms with E-state index in [1.807, 2.05) is 25.1 Å². The fraction of sp³-hybridized carbons (Fsp3) is 0.0909. The van der Waals surface area contributed by atoms with Crippen LogP contribution in [0.1, 0.15) is 15.9 Å². The normalized spacial score (nSPS) is 9.93. The molecule has 0 saturated heterocycles. The number of aromatic nitrogens is 1. The Morgan fingerprint density at radius 3 is 2.80 bits per heavy atom. The van der Waals surface area contributed by atoms with Gasteiger partial charge in [0.15, 0.2) is 5.82 Å². The third kappa shape index (κ3) is 2.04. The van der Waals surface area contributed by atoms with Gasteiger partial charge in [-0.25, -0.2) is 0 Å². The van der Waals surface area contributed by atoms with Crippen LogP contribution >= 0.6 is 0 Å². The molecule has 4 nitrogen and oxygen atoms in total. The number of carbonyl (C=O) groups excluding carboxylic acids is 1. The minimum atomic E-state index is -0.179. The smallest absolute Gasteiger partial charge is 0.257 e. The first-order valence-corrected chi connectivity index (χ1v) is 4.55. The predicted molar refractivity (Wildman–Crippen MR) is 55.6 cm³/mol. The van der Waals surface area contributed by atoms with Crippen LogP contribution in [0.25, 0.3) is 0 Å². The van der Waals surface area contributed by atoms with E-state index in [2.05, 4.69) is 15.0 Å². The molecule has 76 valence electrons. The molecule has 0 saturated carbocycles. The molecule has 2 aromatic rings. The first-order chi connectivity index (χ1) is 7.27. The van der Waals surface area contributed by atoms with E-state index in [-0.39, 0.29) is 5.91 Å². The van der Waals surface area contributed by atoms with Crippen molar-refractivity contribution in [3.63, 3.8) is 0 Å². The molecule has 0 aliphatic rings. The van der Waals surface area contributed by atoms with E-state index in [1.165, 1.54) is 6.26 Å². The second kappa shape index (κ2) is 3.96. The van der Waals surface area contributed by atoms with Gasteiger partial charge in [0.1, 0.15) is 6.26 Å². The van der Waals surface area contributed by atoms with Gasteiger partial charge in [-0.3, -0.25) is 4.79 Å². The summed E-state index contributed by atoms with van der Waals surface area (Å²) in [5.74, 6) is 0.241. The van der Waals surface area contributed by atoms with Crippen LogP contribution in [0, 0.1) is 6.92 Å². The Labute approximate surface area is 86.9 Å². The maximum absolute atomic E-state index is 11.7. The second-order valence-electron chi connectivity index (χ2n) is 3.15. The van der Waals surface area contributed by atoms with Gasteiger partial charge in [-0.15, -0.1) is 0 Å². The van der Waals surface area contributed by atoms with Crippen LogP contribution in [-0.4, -0.2) is 11.1 Å². The van der Waals surface area contributed by atoms with Crippen LogP contribution in [0.5, 0.6) is 0 Å².